The zero-order valence-corrected chi connectivity index (χ0v) is 16.2. The molecule has 0 atom stereocenters. The van der Waals surface area contributed by atoms with Crippen molar-refractivity contribution in [3.63, 3.8) is 0 Å². The van der Waals surface area contributed by atoms with Crippen molar-refractivity contribution in [2.75, 3.05) is 38.3 Å². The van der Waals surface area contributed by atoms with Crippen LogP contribution in [0.3, 0.4) is 0 Å². The Morgan fingerprint density at radius 3 is 2.46 bits per heavy atom. The van der Waals surface area contributed by atoms with E-state index in [2.05, 4.69) is 5.32 Å². The van der Waals surface area contributed by atoms with E-state index in [1.54, 1.807) is 54.4 Å². The molecule has 0 aromatic heterocycles. The molecular weight excluding hydrogens is 376 g/mol. The Morgan fingerprint density at radius 2 is 1.81 bits per heavy atom. The zero-order chi connectivity index (χ0) is 19.2. The van der Waals surface area contributed by atoms with Crippen LogP contribution in [0.25, 0.3) is 0 Å². The highest BCUT2D eigenvalue weighted by Gasteiger charge is 2.15. The van der Waals surface area contributed by atoms with Gasteiger partial charge in [-0.05, 0) is 43.4 Å². The Morgan fingerprint density at radius 1 is 1.15 bits per heavy atom. The van der Waals surface area contributed by atoms with E-state index in [9.17, 15) is 13.2 Å². The standard InChI is InChI=1S/C18H21ClN2O4S/c1-21(11-12-25-15-9-7-14(19)8-10-15)13-18(22)20-16-5-3-4-6-17(16)26(2,23)24/h3-10H,11-13H2,1-2H3,(H,20,22). The average molecular weight is 397 g/mol. The summed E-state index contributed by atoms with van der Waals surface area (Å²) in [6.07, 6.45) is 1.11. The van der Waals surface area contributed by atoms with Gasteiger partial charge in [0, 0.05) is 17.8 Å². The second kappa shape index (κ2) is 9.02. The molecule has 26 heavy (non-hydrogen) atoms. The molecule has 0 aliphatic carbocycles. The molecule has 0 aliphatic rings. The lowest BCUT2D eigenvalue weighted by Gasteiger charge is -2.17. The summed E-state index contributed by atoms with van der Waals surface area (Å²) in [6.45, 7) is 1.05. The van der Waals surface area contributed by atoms with Crippen molar-refractivity contribution in [2.45, 2.75) is 4.90 Å². The number of hydrogen-bond donors (Lipinski definition) is 1. The van der Waals surface area contributed by atoms with Crippen LogP contribution in [-0.4, -0.2) is 52.2 Å². The fraction of sp³-hybridized carbons (Fsp3) is 0.278. The minimum atomic E-state index is -3.41. The molecule has 0 aliphatic heterocycles. The lowest BCUT2D eigenvalue weighted by Crippen LogP contribution is -2.33. The Kier molecular flexibility index (Phi) is 7.02. The number of rotatable bonds is 8. The van der Waals surface area contributed by atoms with Gasteiger partial charge in [0.05, 0.1) is 17.1 Å². The lowest BCUT2D eigenvalue weighted by molar-refractivity contribution is -0.117. The number of carbonyl (C=O) groups is 1. The van der Waals surface area contributed by atoms with Crippen molar-refractivity contribution in [3.8, 4) is 5.75 Å². The van der Waals surface area contributed by atoms with Gasteiger partial charge in [0.1, 0.15) is 12.4 Å². The second-order valence-corrected chi connectivity index (χ2v) is 8.28. The number of nitrogens with zero attached hydrogens (tertiary/aromatic N) is 1. The maximum absolute atomic E-state index is 12.2. The Bertz CT molecular complexity index is 854. The van der Waals surface area contributed by atoms with Gasteiger partial charge in [0.25, 0.3) is 0 Å². The molecule has 0 saturated carbocycles. The fourth-order valence-corrected chi connectivity index (χ4v) is 3.23. The number of para-hydroxylation sites is 1. The second-order valence-electron chi connectivity index (χ2n) is 5.86. The smallest absolute Gasteiger partial charge is 0.238 e. The number of carbonyl (C=O) groups excluding carboxylic acids is 1. The molecule has 0 heterocycles. The molecule has 0 spiro atoms. The molecule has 1 amide bonds. The number of nitrogens with one attached hydrogen (secondary N) is 1. The highest BCUT2D eigenvalue weighted by Crippen LogP contribution is 2.20. The van der Waals surface area contributed by atoms with E-state index in [-0.39, 0.29) is 23.0 Å². The molecule has 0 radical (unpaired) electrons. The lowest BCUT2D eigenvalue weighted by atomic mass is 10.3. The van der Waals surface area contributed by atoms with Crippen molar-refractivity contribution in [2.24, 2.45) is 0 Å². The van der Waals surface area contributed by atoms with Crippen LogP contribution >= 0.6 is 11.6 Å². The molecule has 8 heteroatoms. The predicted molar refractivity (Wildman–Crippen MR) is 103 cm³/mol. The number of hydrogen-bond acceptors (Lipinski definition) is 5. The van der Waals surface area contributed by atoms with Gasteiger partial charge in [-0.15, -0.1) is 0 Å². The average Bonchev–Trinajstić information content (AvgIpc) is 2.56. The Balaban J connectivity index is 1.83. The number of anilines is 1. The molecule has 0 saturated heterocycles. The summed E-state index contributed by atoms with van der Waals surface area (Å²) in [5.74, 6) is 0.407. The summed E-state index contributed by atoms with van der Waals surface area (Å²) in [6, 6.07) is 13.4. The van der Waals surface area contributed by atoms with Crippen molar-refractivity contribution >= 4 is 33.0 Å². The fourth-order valence-electron chi connectivity index (χ4n) is 2.26. The number of amides is 1. The monoisotopic (exact) mass is 396 g/mol. The normalized spacial score (nSPS) is 11.4. The summed E-state index contributed by atoms with van der Waals surface area (Å²) in [5.41, 5.74) is 0.283. The topological polar surface area (TPSA) is 75.7 Å². The molecule has 0 fully saturated rings. The predicted octanol–water partition coefficient (Wildman–Crippen LogP) is 2.69. The molecular formula is C18H21ClN2O4S. The number of halogens is 1. The van der Waals surface area contributed by atoms with Gasteiger partial charge >= 0.3 is 0 Å². The molecule has 0 bridgehead atoms. The van der Waals surface area contributed by atoms with Gasteiger partial charge in [-0.1, -0.05) is 23.7 Å². The van der Waals surface area contributed by atoms with Crippen LogP contribution in [0.1, 0.15) is 0 Å². The molecule has 2 aromatic carbocycles. The summed E-state index contributed by atoms with van der Waals surface area (Å²) in [4.78, 5) is 14.1. The molecule has 1 N–H and O–H groups in total. The molecule has 0 unspecified atom stereocenters. The molecule has 6 nitrogen and oxygen atoms in total. The molecule has 2 rings (SSSR count). The van der Waals surface area contributed by atoms with Crippen molar-refractivity contribution in [1.29, 1.82) is 0 Å². The van der Waals surface area contributed by atoms with Crippen LogP contribution < -0.4 is 10.1 Å². The third-order valence-electron chi connectivity index (χ3n) is 3.53. The number of sulfone groups is 1. The van der Waals surface area contributed by atoms with E-state index in [4.69, 9.17) is 16.3 Å². The molecule has 2 aromatic rings. The largest absolute Gasteiger partial charge is 0.492 e. The third-order valence-corrected chi connectivity index (χ3v) is 4.94. The minimum absolute atomic E-state index is 0.0991. The van der Waals surface area contributed by atoms with Crippen LogP contribution in [0.5, 0.6) is 5.75 Å². The maximum atomic E-state index is 12.2. The van der Waals surface area contributed by atoms with E-state index in [1.807, 2.05) is 0 Å². The summed E-state index contributed by atoms with van der Waals surface area (Å²) >= 11 is 5.81. The van der Waals surface area contributed by atoms with Crippen molar-refractivity contribution in [3.05, 3.63) is 53.6 Å². The highest BCUT2D eigenvalue weighted by atomic mass is 35.5. The number of likely N-dealkylation sites (N-methyl/N-ethyl adjacent to an activating group) is 1. The van der Waals surface area contributed by atoms with Gasteiger partial charge in [0.15, 0.2) is 9.84 Å². The first-order valence-electron chi connectivity index (χ1n) is 7.91. The summed E-state index contributed by atoms with van der Waals surface area (Å²) < 4.78 is 29.1. The van der Waals surface area contributed by atoms with Gasteiger partial charge in [-0.2, -0.15) is 0 Å². The van der Waals surface area contributed by atoms with Crippen LogP contribution in [0, 0.1) is 0 Å². The first-order valence-corrected chi connectivity index (χ1v) is 10.2. The van der Waals surface area contributed by atoms with Gasteiger partial charge in [0.2, 0.25) is 5.91 Å². The zero-order valence-electron chi connectivity index (χ0n) is 14.6. The highest BCUT2D eigenvalue weighted by molar-refractivity contribution is 7.90. The van der Waals surface area contributed by atoms with E-state index >= 15 is 0 Å². The maximum Gasteiger partial charge on any atom is 0.238 e. The first-order chi connectivity index (χ1) is 12.3. The molecule has 140 valence electrons. The first kappa shape index (κ1) is 20.2. The van der Waals surface area contributed by atoms with Crippen LogP contribution in [0.15, 0.2) is 53.4 Å². The Labute approximate surface area is 158 Å². The number of benzene rings is 2. The third kappa shape index (κ3) is 6.33. The van der Waals surface area contributed by atoms with Crippen LogP contribution in [-0.2, 0) is 14.6 Å². The van der Waals surface area contributed by atoms with E-state index in [0.717, 1.165) is 6.26 Å². The summed E-state index contributed by atoms with van der Waals surface area (Å²) in [7, 11) is -1.63. The Hall–Kier alpha value is -2.09. The SMILES string of the molecule is CN(CCOc1ccc(Cl)cc1)CC(=O)Nc1ccccc1S(C)(=O)=O. The van der Waals surface area contributed by atoms with Gasteiger partial charge in [-0.25, -0.2) is 8.42 Å². The van der Waals surface area contributed by atoms with Gasteiger partial charge < -0.3 is 10.1 Å². The number of ether oxygens (including phenoxy) is 1. The van der Waals surface area contributed by atoms with Crippen LogP contribution in [0.4, 0.5) is 5.69 Å². The summed E-state index contributed by atoms with van der Waals surface area (Å²) in [5, 5.41) is 3.29. The van der Waals surface area contributed by atoms with Crippen molar-refractivity contribution in [1.82, 2.24) is 4.90 Å². The van der Waals surface area contributed by atoms with Gasteiger partial charge in [-0.3, -0.25) is 9.69 Å². The van der Waals surface area contributed by atoms with Crippen LogP contribution in [0.2, 0.25) is 5.02 Å². The minimum Gasteiger partial charge on any atom is -0.492 e. The van der Waals surface area contributed by atoms with E-state index in [0.29, 0.717) is 23.9 Å². The van der Waals surface area contributed by atoms with E-state index < -0.39 is 9.84 Å². The quantitative estimate of drug-likeness (QED) is 0.742. The van der Waals surface area contributed by atoms with Crippen molar-refractivity contribution < 1.29 is 17.9 Å². The van der Waals surface area contributed by atoms with E-state index in [1.165, 1.54) is 6.07 Å².